The van der Waals surface area contributed by atoms with Crippen LogP contribution < -0.4 is 20.7 Å². The van der Waals surface area contributed by atoms with Crippen LogP contribution in [0, 0.1) is 6.92 Å². The highest BCUT2D eigenvalue weighted by Crippen LogP contribution is 2.26. The number of benzene rings is 1. The molecule has 10 heteroatoms. The summed E-state index contributed by atoms with van der Waals surface area (Å²) in [5, 5.41) is 12.1. The number of ether oxygens (including phenoxy) is 1. The zero-order chi connectivity index (χ0) is 20.6. The Morgan fingerprint density at radius 2 is 1.90 bits per heavy atom. The largest absolute Gasteiger partial charge is 0.457 e. The van der Waals surface area contributed by atoms with E-state index >= 15 is 0 Å². The van der Waals surface area contributed by atoms with Crippen molar-refractivity contribution < 1.29 is 9.53 Å². The van der Waals surface area contributed by atoms with Crippen molar-refractivity contribution in [1.29, 1.82) is 0 Å². The summed E-state index contributed by atoms with van der Waals surface area (Å²) in [7, 11) is 0. The second-order valence-electron chi connectivity index (χ2n) is 6.79. The van der Waals surface area contributed by atoms with Gasteiger partial charge in [0.1, 0.15) is 17.3 Å². The Balaban J connectivity index is 0.00000240. The number of halogens is 2. The van der Waals surface area contributed by atoms with Crippen molar-refractivity contribution in [2.45, 2.75) is 26.8 Å². The zero-order valence-corrected chi connectivity index (χ0v) is 20.0. The molecule has 0 radical (unpaired) electrons. The first-order chi connectivity index (χ1) is 14.0. The highest BCUT2D eigenvalue weighted by molar-refractivity contribution is 7.13. The Morgan fingerprint density at radius 1 is 1.13 bits per heavy atom. The normalized spacial score (nSPS) is 10.1. The number of nitrogens with zero attached hydrogens (tertiary/aromatic N) is 2. The Bertz CT molecular complexity index is 968. The van der Waals surface area contributed by atoms with Crippen LogP contribution in [0.4, 0.5) is 10.9 Å². The summed E-state index contributed by atoms with van der Waals surface area (Å²) in [6, 6.07) is 11.1. The number of carbonyl (C=O) groups is 1. The van der Waals surface area contributed by atoms with Gasteiger partial charge in [-0.3, -0.25) is 4.79 Å². The predicted molar refractivity (Wildman–Crippen MR) is 131 cm³/mol. The van der Waals surface area contributed by atoms with Crippen molar-refractivity contribution >= 4 is 53.0 Å². The number of aryl methyl sites for hydroxylation is 1. The maximum atomic E-state index is 12.3. The van der Waals surface area contributed by atoms with Gasteiger partial charge in [0.25, 0.3) is 5.91 Å². The molecule has 3 aromatic rings. The van der Waals surface area contributed by atoms with E-state index in [0.717, 1.165) is 17.4 Å². The van der Waals surface area contributed by atoms with Crippen LogP contribution in [-0.2, 0) is 0 Å². The number of nitrogens with one attached hydrogen (secondary N) is 3. The number of thiazole rings is 1. The van der Waals surface area contributed by atoms with Crippen LogP contribution in [0.3, 0.4) is 0 Å². The number of amides is 1. The van der Waals surface area contributed by atoms with Crippen molar-refractivity contribution in [1.82, 2.24) is 20.6 Å². The first kappa shape index (κ1) is 26.6. The fourth-order valence-electron chi connectivity index (χ4n) is 2.54. The molecule has 7 nitrogen and oxygen atoms in total. The molecule has 2 heterocycles. The van der Waals surface area contributed by atoms with Gasteiger partial charge in [0.2, 0.25) is 0 Å². The lowest BCUT2D eigenvalue weighted by Gasteiger charge is -2.11. The first-order valence-corrected chi connectivity index (χ1v) is 10.3. The Labute approximate surface area is 198 Å². The second-order valence-corrected chi connectivity index (χ2v) is 7.65. The lowest BCUT2D eigenvalue weighted by molar-refractivity contribution is 0.0953. The van der Waals surface area contributed by atoms with E-state index in [1.165, 1.54) is 11.3 Å². The number of carbonyl (C=O) groups excluding carboxylic acids is 1. The van der Waals surface area contributed by atoms with Crippen LogP contribution in [-0.4, -0.2) is 35.0 Å². The predicted octanol–water partition coefficient (Wildman–Crippen LogP) is 4.95. The van der Waals surface area contributed by atoms with Gasteiger partial charge in [0.15, 0.2) is 5.13 Å². The molecule has 0 fully saturated rings. The molecule has 0 spiro atoms. The molecule has 0 unspecified atom stereocenters. The fourth-order valence-corrected chi connectivity index (χ4v) is 3.23. The SMILES string of the molecule is Cc1csc(Nc2cc(Oc3cccc(C(=O)NCCNC(C)C)c3)ccn2)n1.Cl.Cl. The Hall–Kier alpha value is -2.39. The maximum Gasteiger partial charge on any atom is 0.251 e. The molecule has 0 saturated heterocycles. The molecule has 1 aromatic carbocycles. The molecular weight excluding hydrogens is 457 g/mol. The summed E-state index contributed by atoms with van der Waals surface area (Å²) < 4.78 is 5.92. The third kappa shape index (κ3) is 8.70. The third-order valence-corrected chi connectivity index (χ3v) is 4.76. The van der Waals surface area contributed by atoms with Crippen molar-refractivity contribution in [2.75, 3.05) is 18.4 Å². The maximum absolute atomic E-state index is 12.3. The molecular formula is C21H27Cl2N5O2S. The molecule has 168 valence electrons. The summed E-state index contributed by atoms with van der Waals surface area (Å²) in [5.74, 6) is 1.72. The van der Waals surface area contributed by atoms with Crippen LogP contribution in [0.25, 0.3) is 0 Å². The number of hydrogen-bond donors (Lipinski definition) is 3. The van der Waals surface area contributed by atoms with Gasteiger partial charge in [-0.1, -0.05) is 19.9 Å². The molecule has 0 atom stereocenters. The monoisotopic (exact) mass is 483 g/mol. The highest BCUT2D eigenvalue weighted by Gasteiger charge is 2.08. The van der Waals surface area contributed by atoms with Gasteiger partial charge in [-0.15, -0.1) is 36.2 Å². The second kappa shape index (κ2) is 13.1. The molecule has 0 aliphatic rings. The molecule has 31 heavy (non-hydrogen) atoms. The van der Waals surface area contributed by atoms with Crippen LogP contribution in [0.1, 0.15) is 29.9 Å². The van der Waals surface area contributed by atoms with E-state index in [0.29, 0.717) is 35.5 Å². The van der Waals surface area contributed by atoms with Gasteiger partial charge in [-0.2, -0.15) is 0 Å². The molecule has 3 rings (SSSR count). The molecule has 0 aliphatic carbocycles. The zero-order valence-electron chi connectivity index (χ0n) is 17.5. The minimum absolute atomic E-state index is 0. The fraction of sp³-hybridized carbons (Fsp3) is 0.286. The molecule has 0 aliphatic heterocycles. The van der Waals surface area contributed by atoms with Crippen molar-refractivity contribution in [3.8, 4) is 11.5 Å². The average molecular weight is 484 g/mol. The summed E-state index contributed by atoms with van der Waals surface area (Å²) in [6.07, 6.45) is 1.66. The van der Waals surface area contributed by atoms with E-state index in [9.17, 15) is 4.79 Å². The van der Waals surface area contributed by atoms with Gasteiger partial charge < -0.3 is 20.7 Å². The van der Waals surface area contributed by atoms with Crippen LogP contribution in [0.2, 0.25) is 0 Å². The smallest absolute Gasteiger partial charge is 0.251 e. The van der Waals surface area contributed by atoms with E-state index in [-0.39, 0.29) is 30.7 Å². The van der Waals surface area contributed by atoms with E-state index in [1.807, 2.05) is 18.4 Å². The standard InChI is InChI=1S/C21H25N5O2S.2ClH/c1-14(2)22-9-10-24-20(27)16-5-4-6-17(11-16)28-18-7-8-23-19(12-18)26-21-25-15(3)13-29-21;;/h4-8,11-14,22H,9-10H2,1-3H3,(H,24,27)(H,23,25,26);2*1H. The number of hydrogen-bond acceptors (Lipinski definition) is 7. The molecule has 1 amide bonds. The molecule has 2 aromatic heterocycles. The third-order valence-electron chi connectivity index (χ3n) is 3.88. The van der Waals surface area contributed by atoms with E-state index in [1.54, 1.807) is 36.5 Å². The van der Waals surface area contributed by atoms with E-state index in [4.69, 9.17) is 4.74 Å². The Kier molecular flexibility index (Phi) is 11.3. The molecule has 3 N–H and O–H groups in total. The van der Waals surface area contributed by atoms with Gasteiger partial charge in [0, 0.05) is 42.3 Å². The highest BCUT2D eigenvalue weighted by atomic mass is 35.5. The van der Waals surface area contributed by atoms with Gasteiger partial charge in [0.05, 0.1) is 5.69 Å². The quantitative estimate of drug-likeness (QED) is 0.373. The minimum Gasteiger partial charge on any atom is -0.457 e. The molecule has 0 saturated carbocycles. The summed E-state index contributed by atoms with van der Waals surface area (Å²) in [4.78, 5) is 21.0. The van der Waals surface area contributed by atoms with Crippen molar-refractivity contribution in [2.24, 2.45) is 0 Å². The first-order valence-electron chi connectivity index (χ1n) is 9.44. The van der Waals surface area contributed by atoms with Crippen LogP contribution in [0.15, 0.2) is 48.0 Å². The lowest BCUT2D eigenvalue weighted by Crippen LogP contribution is -2.34. The lowest BCUT2D eigenvalue weighted by atomic mass is 10.2. The van der Waals surface area contributed by atoms with Gasteiger partial charge >= 0.3 is 0 Å². The number of pyridine rings is 1. The Morgan fingerprint density at radius 3 is 2.61 bits per heavy atom. The number of rotatable bonds is 9. The van der Waals surface area contributed by atoms with Gasteiger partial charge in [-0.25, -0.2) is 9.97 Å². The van der Waals surface area contributed by atoms with Crippen molar-refractivity contribution in [3.63, 3.8) is 0 Å². The van der Waals surface area contributed by atoms with E-state index in [2.05, 4.69) is 39.8 Å². The summed E-state index contributed by atoms with van der Waals surface area (Å²) in [5.41, 5.74) is 1.51. The molecule has 0 bridgehead atoms. The van der Waals surface area contributed by atoms with Crippen LogP contribution in [0.5, 0.6) is 11.5 Å². The topological polar surface area (TPSA) is 88.2 Å². The number of aromatic nitrogens is 2. The van der Waals surface area contributed by atoms with Crippen molar-refractivity contribution in [3.05, 3.63) is 59.2 Å². The van der Waals surface area contributed by atoms with Gasteiger partial charge in [-0.05, 0) is 31.2 Å². The minimum atomic E-state index is -0.128. The van der Waals surface area contributed by atoms with E-state index < -0.39 is 0 Å². The number of anilines is 2. The average Bonchev–Trinajstić information content (AvgIpc) is 3.10. The summed E-state index contributed by atoms with van der Waals surface area (Å²) in [6.45, 7) is 7.38. The van der Waals surface area contributed by atoms with Crippen LogP contribution >= 0.6 is 36.2 Å². The summed E-state index contributed by atoms with van der Waals surface area (Å²) >= 11 is 1.52.